The molecule has 0 spiro atoms. The van der Waals surface area contributed by atoms with E-state index in [1.54, 1.807) is 0 Å². The normalized spacial score (nSPS) is 13.1. The molecule has 2 heteroatoms. The number of hydrogen-bond acceptors (Lipinski definition) is 2. The zero-order valence-electron chi connectivity index (χ0n) is 10.5. The average molecular weight is 212 g/mol. The van der Waals surface area contributed by atoms with Gasteiger partial charge in [-0.2, -0.15) is 0 Å². The zero-order valence-corrected chi connectivity index (χ0v) is 10.5. The van der Waals surface area contributed by atoms with E-state index < -0.39 is 0 Å². The first-order chi connectivity index (χ1) is 7.29. The van der Waals surface area contributed by atoms with Crippen molar-refractivity contribution in [2.24, 2.45) is 11.8 Å². The minimum Gasteiger partial charge on any atom is -0.271 e. The van der Waals surface area contributed by atoms with Crippen molar-refractivity contribution >= 4 is 0 Å². The number of allylic oxidation sites excluding steroid dienone is 1. The Kier molecular flexibility index (Phi) is 9.96. The summed E-state index contributed by atoms with van der Waals surface area (Å²) in [6.07, 6.45) is 10.6. The number of hydrogen-bond donors (Lipinski definition) is 2. The maximum atomic E-state index is 5.60. The third-order valence-electron chi connectivity index (χ3n) is 3.26. The molecule has 0 fully saturated rings. The van der Waals surface area contributed by atoms with Crippen LogP contribution < -0.4 is 11.3 Å². The van der Waals surface area contributed by atoms with Gasteiger partial charge in [-0.15, -0.1) is 6.58 Å². The Morgan fingerprint density at radius 1 is 1.20 bits per heavy atom. The average Bonchev–Trinajstić information content (AvgIpc) is 2.27. The van der Waals surface area contributed by atoms with E-state index in [0.717, 1.165) is 12.3 Å². The van der Waals surface area contributed by atoms with Crippen LogP contribution in [0.2, 0.25) is 0 Å². The standard InChI is InChI=1S/C13H28N2/c1-4-7-8-9-10-11-13(15-14)12(5-2)6-3/h4,12-13,15H,1,5-11,14H2,2-3H3. The predicted octanol–water partition coefficient (Wildman–Crippen LogP) is 3.39. The third kappa shape index (κ3) is 6.69. The van der Waals surface area contributed by atoms with Gasteiger partial charge in [0.2, 0.25) is 0 Å². The van der Waals surface area contributed by atoms with Crippen LogP contribution in [0.25, 0.3) is 0 Å². The third-order valence-corrected chi connectivity index (χ3v) is 3.26. The summed E-state index contributed by atoms with van der Waals surface area (Å²) in [5, 5.41) is 0. The molecule has 0 aromatic rings. The molecule has 0 radical (unpaired) electrons. The van der Waals surface area contributed by atoms with Crippen molar-refractivity contribution in [1.82, 2.24) is 5.43 Å². The molecule has 0 amide bonds. The lowest BCUT2D eigenvalue weighted by Gasteiger charge is -2.24. The van der Waals surface area contributed by atoms with Crippen molar-refractivity contribution in [3.8, 4) is 0 Å². The molecule has 0 saturated carbocycles. The van der Waals surface area contributed by atoms with Gasteiger partial charge in [-0.3, -0.25) is 11.3 Å². The summed E-state index contributed by atoms with van der Waals surface area (Å²) in [7, 11) is 0. The Hall–Kier alpha value is -0.340. The van der Waals surface area contributed by atoms with Gasteiger partial charge in [0.05, 0.1) is 0 Å². The summed E-state index contributed by atoms with van der Waals surface area (Å²) in [5.74, 6) is 6.33. The number of hydrazine groups is 1. The first-order valence-electron chi connectivity index (χ1n) is 6.37. The number of nitrogens with one attached hydrogen (secondary N) is 1. The van der Waals surface area contributed by atoms with E-state index in [2.05, 4.69) is 25.9 Å². The molecule has 90 valence electrons. The fraction of sp³-hybridized carbons (Fsp3) is 0.846. The molecule has 1 atom stereocenters. The highest BCUT2D eigenvalue weighted by Crippen LogP contribution is 2.18. The molecular weight excluding hydrogens is 184 g/mol. The van der Waals surface area contributed by atoms with Gasteiger partial charge in [0.15, 0.2) is 0 Å². The topological polar surface area (TPSA) is 38.0 Å². The van der Waals surface area contributed by atoms with Crippen LogP contribution in [0, 0.1) is 5.92 Å². The van der Waals surface area contributed by atoms with Gasteiger partial charge in [-0.05, 0) is 25.2 Å². The highest BCUT2D eigenvalue weighted by Gasteiger charge is 2.15. The van der Waals surface area contributed by atoms with Crippen molar-refractivity contribution < 1.29 is 0 Å². The maximum Gasteiger partial charge on any atom is 0.0238 e. The fourth-order valence-electron chi connectivity index (χ4n) is 2.14. The minimum absolute atomic E-state index is 0.503. The molecule has 0 heterocycles. The number of rotatable bonds is 10. The summed E-state index contributed by atoms with van der Waals surface area (Å²) in [6, 6.07) is 0.503. The minimum atomic E-state index is 0.503. The van der Waals surface area contributed by atoms with E-state index in [9.17, 15) is 0 Å². The largest absolute Gasteiger partial charge is 0.271 e. The van der Waals surface area contributed by atoms with Gasteiger partial charge in [-0.25, -0.2) is 0 Å². The number of nitrogens with two attached hydrogens (primary N) is 1. The van der Waals surface area contributed by atoms with E-state index >= 15 is 0 Å². The van der Waals surface area contributed by atoms with Crippen LogP contribution in [-0.2, 0) is 0 Å². The summed E-state index contributed by atoms with van der Waals surface area (Å²) in [5.41, 5.74) is 2.97. The monoisotopic (exact) mass is 212 g/mol. The highest BCUT2D eigenvalue weighted by molar-refractivity contribution is 4.73. The van der Waals surface area contributed by atoms with E-state index in [-0.39, 0.29) is 0 Å². The summed E-state index contributed by atoms with van der Waals surface area (Å²) < 4.78 is 0. The van der Waals surface area contributed by atoms with Crippen molar-refractivity contribution in [3.05, 3.63) is 12.7 Å². The summed E-state index contributed by atoms with van der Waals surface area (Å²) in [6.45, 7) is 8.22. The highest BCUT2D eigenvalue weighted by atomic mass is 15.2. The van der Waals surface area contributed by atoms with Crippen LogP contribution in [-0.4, -0.2) is 6.04 Å². The Labute approximate surface area is 95.3 Å². The predicted molar refractivity (Wildman–Crippen MR) is 68.5 cm³/mol. The Bertz CT molecular complexity index is 141. The van der Waals surface area contributed by atoms with Gasteiger partial charge in [0.1, 0.15) is 0 Å². The molecule has 0 aromatic heterocycles. The first-order valence-corrected chi connectivity index (χ1v) is 6.37. The molecule has 0 aliphatic heterocycles. The second-order valence-electron chi connectivity index (χ2n) is 4.28. The van der Waals surface area contributed by atoms with Gasteiger partial charge >= 0.3 is 0 Å². The van der Waals surface area contributed by atoms with Crippen molar-refractivity contribution in [2.45, 2.75) is 64.8 Å². The van der Waals surface area contributed by atoms with Crippen molar-refractivity contribution in [1.29, 1.82) is 0 Å². The van der Waals surface area contributed by atoms with Crippen molar-refractivity contribution in [3.63, 3.8) is 0 Å². The molecule has 0 aliphatic rings. The molecular formula is C13H28N2. The molecule has 3 N–H and O–H groups in total. The first kappa shape index (κ1) is 14.7. The second kappa shape index (κ2) is 10.2. The Morgan fingerprint density at radius 3 is 2.33 bits per heavy atom. The van der Waals surface area contributed by atoms with Crippen LogP contribution in [0.15, 0.2) is 12.7 Å². The maximum absolute atomic E-state index is 5.60. The Balaban J connectivity index is 3.64. The quantitative estimate of drug-likeness (QED) is 0.252. The van der Waals surface area contributed by atoms with Crippen LogP contribution in [0.4, 0.5) is 0 Å². The van der Waals surface area contributed by atoms with E-state index in [4.69, 9.17) is 5.84 Å². The van der Waals surface area contributed by atoms with Crippen LogP contribution >= 0.6 is 0 Å². The summed E-state index contributed by atoms with van der Waals surface area (Å²) in [4.78, 5) is 0. The van der Waals surface area contributed by atoms with Crippen molar-refractivity contribution in [2.75, 3.05) is 0 Å². The van der Waals surface area contributed by atoms with E-state index in [1.807, 2.05) is 6.08 Å². The molecule has 0 rings (SSSR count). The summed E-state index contributed by atoms with van der Waals surface area (Å²) >= 11 is 0. The molecule has 0 aromatic carbocycles. The fourth-order valence-corrected chi connectivity index (χ4v) is 2.14. The van der Waals surface area contributed by atoms with Gasteiger partial charge in [0, 0.05) is 6.04 Å². The molecule has 0 saturated heterocycles. The van der Waals surface area contributed by atoms with Gasteiger partial charge in [0.25, 0.3) is 0 Å². The number of unbranched alkanes of at least 4 members (excludes halogenated alkanes) is 3. The molecule has 1 unspecified atom stereocenters. The molecule has 0 bridgehead atoms. The SMILES string of the molecule is C=CCCCCCC(NN)C(CC)CC. The van der Waals surface area contributed by atoms with E-state index in [1.165, 1.54) is 38.5 Å². The Morgan fingerprint density at radius 2 is 1.87 bits per heavy atom. The lowest BCUT2D eigenvalue weighted by atomic mass is 9.90. The van der Waals surface area contributed by atoms with Crippen LogP contribution in [0.3, 0.4) is 0 Å². The lowest BCUT2D eigenvalue weighted by molar-refractivity contribution is 0.313. The zero-order chi connectivity index (χ0) is 11.5. The van der Waals surface area contributed by atoms with Gasteiger partial charge < -0.3 is 0 Å². The molecule has 2 nitrogen and oxygen atoms in total. The molecule has 15 heavy (non-hydrogen) atoms. The van der Waals surface area contributed by atoms with Gasteiger partial charge in [-0.1, -0.05) is 45.6 Å². The molecule has 0 aliphatic carbocycles. The smallest absolute Gasteiger partial charge is 0.0238 e. The van der Waals surface area contributed by atoms with Crippen LogP contribution in [0.5, 0.6) is 0 Å². The second-order valence-corrected chi connectivity index (χ2v) is 4.28. The van der Waals surface area contributed by atoms with Crippen LogP contribution in [0.1, 0.15) is 58.8 Å². The lowest BCUT2D eigenvalue weighted by Crippen LogP contribution is -2.40. The van der Waals surface area contributed by atoms with E-state index in [0.29, 0.717) is 6.04 Å².